The first kappa shape index (κ1) is 22.3. The topological polar surface area (TPSA) is 91.2 Å². The minimum atomic E-state index is -0.0874. The van der Waals surface area contributed by atoms with Crippen LogP contribution >= 0.6 is 0 Å². The number of hydrogen-bond acceptors (Lipinski definition) is 7. The van der Waals surface area contributed by atoms with Gasteiger partial charge < -0.3 is 20.1 Å². The summed E-state index contributed by atoms with van der Waals surface area (Å²) in [6.45, 7) is 8.35. The molecule has 35 heavy (non-hydrogen) atoms. The third kappa shape index (κ3) is 4.11. The molecular weight excluding hydrogens is 440 g/mol. The van der Waals surface area contributed by atoms with Gasteiger partial charge in [0.1, 0.15) is 17.2 Å². The third-order valence-corrected chi connectivity index (χ3v) is 7.88. The van der Waals surface area contributed by atoms with E-state index in [0.29, 0.717) is 24.0 Å². The van der Waals surface area contributed by atoms with E-state index in [9.17, 15) is 4.79 Å². The van der Waals surface area contributed by atoms with E-state index in [1.807, 2.05) is 24.5 Å². The van der Waals surface area contributed by atoms with Crippen molar-refractivity contribution in [2.45, 2.75) is 51.0 Å². The number of rotatable bonds is 5. The summed E-state index contributed by atoms with van der Waals surface area (Å²) >= 11 is 0. The summed E-state index contributed by atoms with van der Waals surface area (Å²) in [7, 11) is 0. The van der Waals surface area contributed by atoms with Gasteiger partial charge in [-0.1, -0.05) is 26.2 Å². The van der Waals surface area contributed by atoms with Gasteiger partial charge in [-0.2, -0.15) is 4.98 Å². The average molecular weight is 475 g/mol. The largest absolute Gasteiger partial charge is 0.368 e. The Balaban J connectivity index is 1.23. The maximum Gasteiger partial charge on any atom is 0.268 e. The van der Waals surface area contributed by atoms with Crippen molar-refractivity contribution in [1.29, 1.82) is 0 Å². The maximum absolute atomic E-state index is 12.7. The van der Waals surface area contributed by atoms with Crippen LogP contribution in [0.5, 0.6) is 0 Å². The SMILES string of the molecule is CCCN1CCN(c2ccc(Nc3ncc4cc5n(c4n3)C3(CCCCC3)CNC5=O)nc2)CC1. The summed E-state index contributed by atoms with van der Waals surface area (Å²) in [5.41, 5.74) is 2.58. The van der Waals surface area contributed by atoms with Crippen LogP contribution in [0.25, 0.3) is 11.0 Å². The van der Waals surface area contributed by atoms with Crippen LogP contribution in [0, 0.1) is 0 Å². The van der Waals surface area contributed by atoms with E-state index >= 15 is 0 Å². The van der Waals surface area contributed by atoms with Crippen molar-refractivity contribution >= 4 is 34.4 Å². The third-order valence-electron chi connectivity index (χ3n) is 7.88. The van der Waals surface area contributed by atoms with Gasteiger partial charge in [0.05, 0.1) is 17.4 Å². The van der Waals surface area contributed by atoms with Crippen LogP contribution in [0.4, 0.5) is 17.5 Å². The van der Waals surface area contributed by atoms with Gasteiger partial charge in [-0.05, 0) is 44.0 Å². The number of carbonyl (C=O) groups excluding carboxylic acids is 1. The van der Waals surface area contributed by atoms with Gasteiger partial charge >= 0.3 is 0 Å². The molecule has 0 unspecified atom stereocenters. The number of anilines is 3. The first-order chi connectivity index (χ1) is 17.1. The number of pyridine rings is 1. The monoisotopic (exact) mass is 474 g/mol. The molecule has 5 heterocycles. The molecule has 3 aliphatic rings. The van der Waals surface area contributed by atoms with Crippen molar-refractivity contribution in [2.24, 2.45) is 0 Å². The lowest BCUT2D eigenvalue weighted by molar-refractivity contribution is 0.0833. The summed E-state index contributed by atoms with van der Waals surface area (Å²) in [6.07, 6.45) is 10.7. The molecule has 0 bridgehead atoms. The highest BCUT2D eigenvalue weighted by Crippen LogP contribution is 2.40. The Morgan fingerprint density at radius 2 is 1.89 bits per heavy atom. The lowest BCUT2D eigenvalue weighted by atomic mass is 9.80. The molecule has 0 atom stereocenters. The Bertz CT molecular complexity index is 1210. The quantitative estimate of drug-likeness (QED) is 0.585. The van der Waals surface area contributed by atoms with Crippen LogP contribution in [-0.4, -0.2) is 69.6 Å². The smallest absolute Gasteiger partial charge is 0.268 e. The standard InChI is InChI=1S/C26H34N8O/c1-2-10-32-11-13-33(14-12-32)20-6-7-22(27-17-20)30-25-28-16-19-15-21-24(35)29-18-26(8-4-3-5-9-26)34(21)23(19)31-25/h6-7,15-17H,2-5,8-14,18H2,1H3,(H,29,35)(H,27,28,30,31). The highest BCUT2D eigenvalue weighted by atomic mass is 16.2. The number of amides is 1. The molecule has 0 aromatic carbocycles. The molecular formula is C26H34N8O. The van der Waals surface area contributed by atoms with E-state index in [1.165, 1.54) is 32.2 Å². The predicted octanol–water partition coefficient (Wildman–Crippen LogP) is 3.50. The number of hydrogen-bond donors (Lipinski definition) is 2. The fourth-order valence-corrected chi connectivity index (χ4v) is 6.03. The summed E-state index contributed by atoms with van der Waals surface area (Å²) in [5.74, 6) is 1.19. The van der Waals surface area contributed by atoms with E-state index < -0.39 is 0 Å². The fraction of sp³-hybridized carbons (Fsp3) is 0.538. The van der Waals surface area contributed by atoms with E-state index in [2.05, 4.69) is 48.0 Å². The number of nitrogens with zero attached hydrogens (tertiary/aromatic N) is 6. The van der Waals surface area contributed by atoms with E-state index in [0.717, 1.165) is 55.7 Å². The fourth-order valence-electron chi connectivity index (χ4n) is 6.03. The molecule has 3 aromatic heterocycles. The van der Waals surface area contributed by atoms with Crippen molar-refractivity contribution < 1.29 is 4.79 Å². The van der Waals surface area contributed by atoms with Crippen LogP contribution < -0.4 is 15.5 Å². The van der Waals surface area contributed by atoms with Gasteiger partial charge in [-0.15, -0.1) is 0 Å². The zero-order valence-corrected chi connectivity index (χ0v) is 20.5. The first-order valence-electron chi connectivity index (χ1n) is 13.0. The Kier molecular flexibility index (Phi) is 5.80. The molecule has 2 aliphatic heterocycles. The normalized spacial score (nSPS) is 20.1. The molecule has 2 N–H and O–H groups in total. The second kappa shape index (κ2) is 9.11. The zero-order chi connectivity index (χ0) is 23.8. The van der Waals surface area contributed by atoms with E-state index in [1.54, 1.807) is 0 Å². The lowest BCUT2D eigenvalue weighted by Gasteiger charge is -2.42. The molecule has 1 saturated carbocycles. The van der Waals surface area contributed by atoms with Gasteiger partial charge in [-0.25, -0.2) is 9.97 Å². The van der Waals surface area contributed by atoms with Gasteiger partial charge in [-0.3, -0.25) is 9.69 Å². The molecule has 9 heteroatoms. The Morgan fingerprint density at radius 3 is 2.63 bits per heavy atom. The second-order valence-corrected chi connectivity index (χ2v) is 10.2. The molecule has 1 spiro atoms. The number of piperazine rings is 1. The van der Waals surface area contributed by atoms with Crippen molar-refractivity contribution in [2.75, 3.05) is 49.5 Å². The van der Waals surface area contributed by atoms with Crippen molar-refractivity contribution in [3.8, 4) is 0 Å². The van der Waals surface area contributed by atoms with Crippen LogP contribution in [0.1, 0.15) is 55.9 Å². The second-order valence-electron chi connectivity index (χ2n) is 10.2. The summed E-state index contributed by atoms with van der Waals surface area (Å²) in [6, 6.07) is 6.03. The molecule has 184 valence electrons. The Labute approximate surface area is 205 Å². The number of nitrogens with one attached hydrogen (secondary N) is 2. The van der Waals surface area contributed by atoms with Crippen LogP contribution in [0.2, 0.25) is 0 Å². The van der Waals surface area contributed by atoms with Gasteiger partial charge in [0, 0.05) is 44.3 Å². The predicted molar refractivity (Wildman–Crippen MR) is 137 cm³/mol. The van der Waals surface area contributed by atoms with Crippen LogP contribution in [0.3, 0.4) is 0 Å². The molecule has 1 aliphatic carbocycles. The summed E-state index contributed by atoms with van der Waals surface area (Å²) in [5, 5.41) is 7.29. The lowest BCUT2D eigenvalue weighted by Crippen LogP contribution is -2.52. The highest BCUT2D eigenvalue weighted by molar-refractivity contribution is 5.99. The number of aromatic nitrogens is 4. The molecule has 2 fully saturated rings. The average Bonchev–Trinajstić information content (AvgIpc) is 3.29. The van der Waals surface area contributed by atoms with Gasteiger partial charge in [0.15, 0.2) is 0 Å². The van der Waals surface area contributed by atoms with E-state index in [-0.39, 0.29) is 11.4 Å². The van der Waals surface area contributed by atoms with Crippen LogP contribution in [-0.2, 0) is 5.54 Å². The molecule has 3 aromatic rings. The van der Waals surface area contributed by atoms with Crippen molar-refractivity contribution in [3.63, 3.8) is 0 Å². The van der Waals surface area contributed by atoms with E-state index in [4.69, 9.17) is 4.98 Å². The first-order valence-corrected chi connectivity index (χ1v) is 13.0. The minimum absolute atomic E-state index is 0.0264. The molecule has 1 saturated heterocycles. The highest BCUT2D eigenvalue weighted by Gasteiger charge is 2.41. The molecule has 0 radical (unpaired) electrons. The summed E-state index contributed by atoms with van der Waals surface area (Å²) in [4.78, 5) is 31.6. The maximum atomic E-state index is 12.7. The number of fused-ring (bicyclic) bond motifs is 4. The van der Waals surface area contributed by atoms with Crippen molar-refractivity contribution in [1.82, 2.24) is 29.7 Å². The van der Waals surface area contributed by atoms with Gasteiger partial charge in [0.2, 0.25) is 5.95 Å². The zero-order valence-electron chi connectivity index (χ0n) is 20.5. The Morgan fingerprint density at radius 1 is 1.06 bits per heavy atom. The minimum Gasteiger partial charge on any atom is -0.368 e. The molecule has 9 nitrogen and oxygen atoms in total. The summed E-state index contributed by atoms with van der Waals surface area (Å²) < 4.78 is 2.20. The van der Waals surface area contributed by atoms with Crippen LogP contribution in [0.15, 0.2) is 30.6 Å². The molecule has 1 amide bonds. The molecule has 6 rings (SSSR count). The van der Waals surface area contributed by atoms with Crippen molar-refractivity contribution in [3.05, 3.63) is 36.3 Å². The van der Waals surface area contributed by atoms with Gasteiger partial charge in [0.25, 0.3) is 5.91 Å². The Hall–Kier alpha value is -3.20. The number of carbonyl (C=O) groups is 1.